The van der Waals surface area contributed by atoms with E-state index in [0.717, 1.165) is 35.2 Å². The number of hydrogen-bond acceptors (Lipinski definition) is 8. The maximum absolute atomic E-state index is 15.5. The number of Topliss-reactive ketones (excluding diaryl/α,β-unsaturated/α-hetero) is 2. The van der Waals surface area contributed by atoms with E-state index in [-0.39, 0.29) is 66.4 Å². The summed E-state index contributed by atoms with van der Waals surface area (Å²) in [5.41, 5.74) is 9.94. The first-order valence-electron chi connectivity index (χ1n) is 19.7. The third kappa shape index (κ3) is 13.8. The lowest BCUT2D eigenvalue weighted by molar-refractivity contribution is -0.124. The van der Waals surface area contributed by atoms with Crippen molar-refractivity contribution in [2.75, 3.05) is 25.1 Å². The van der Waals surface area contributed by atoms with Crippen molar-refractivity contribution < 1.29 is 37.8 Å². The molecule has 4 rings (SSSR count). The number of piperidine rings is 1. The van der Waals surface area contributed by atoms with E-state index in [2.05, 4.69) is 33.9 Å². The summed E-state index contributed by atoms with van der Waals surface area (Å²) in [5.74, 6) is -0.0152. The number of aryl methyl sites for hydroxylation is 1. The van der Waals surface area contributed by atoms with E-state index in [1.807, 2.05) is 65.0 Å². The van der Waals surface area contributed by atoms with Crippen molar-refractivity contribution in [3.63, 3.8) is 0 Å². The van der Waals surface area contributed by atoms with Gasteiger partial charge < -0.3 is 25.3 Å². The monoisotopic (exact) mass is 811 g/mol. The Balaban J connectivity index is 0.000000909. The van der Waals surface area contributed by atoms with Gasteiger partial charge in [-0.15, -0.1) is 0 Å². The molecule has 0 saturated carbocycles. The first-order valence-corrected chi connectivity index (χ1v) is 19.7. The lowest BCUT2D eigenvalue weighted by Gasteiger charge is -2.28. The number of carbonyl (C=O) groups excluding carboxylic acids is 4. The molecule has 1 aliphatic heterocycles. The number of nitrogens with two attached hydrogens (primary N) is 1. The Morgan fingerprint density at radius 3 is 2.32 bits per heavy atom. The molecule has 0 spiro atoms. The van der Waals surface area contributed by atoms with Gasteiger partial charge in [0.25, 0.3) is 0 Å². The number of ether oxygens (including phenoxy) is 3. The van der Waals surface area contributed by atoms with Crippen LogP contribution in [0.3, 0.4) is 0 Å². The van der Waals surface area contributed by atoms with Crippen molar-refractivity contribution in [2.45, 2.75) is 86.5 Å². The van der Waals surface area contributed by atoms with Gasteiger partial charge in [0, 0.05) is 46.2 Å². The van der Waals surface area contributed by atoms with Crippen LogP contribution >= 0.6 is 0 Å². The molecule has 2 amide bonds. The number of guanidine groups is 1. The number of rotatable bonds is 16. The van der Waals surface area contributed by atoms with E-state index < -0.39 is 17.3 Å². The van der Waals surface area contributed by atoms with Gasteiger partial charge in [0.05, 0.1) is 18.9 Å². The topological polar surface area (TPSA) is 171 Å². The fourth-order valence-corrected chi connectivity index (χ4v) is 5.96. The lowest BCUT2D eigenvalue weighted by Crippen LogP contribution is -2.32. The zero-order chi connectivity index (χ0) is 43.9. The van der Waals surface area contributed by atoms with Crippen molar-refractivity contribution >= 4 is 41.9 Å². The summed E-state index contributed by atoms with van der Waals surface area (Å²) in [6, 6.07) is 15.6. The van der Waals surface area contributed by atoms with E-state index in [9.17, 15) is 19.2 Å². The van der Waals surface area contributed by atoms with Crippen molar-refractivity contribution in [2.24, 2.45) is 27.6 Å². The third-order valence-electron chi connectivity index (χ3n) is 9.77. The average molecular weight is 812 g/mol. The Bertz CT molecular complexity index is 2070. The summed E-state index contributed by atoms with van der Waals surface area (Å²) in [6.45, 7) is 22.0. The summed E-state index contributed by atoms with van der Waals surface area (Å²) < 4.78 is 32.4. The summed E-state index contributed by atoms with van der Waals surface area (Å²) in [7, 11) is 0. The van der Waals surface area contributed by atoms with E-state index in [1.54, 1.807) is 26.0 Å². The minimum Gasteiger partial charge on any atom is -0.490 e. The van der Waals surface area contributed by atoms with Crippen LogP contribution in [-0.4, -0.2) is 56.1 Å². The lowest BCUT2D eigenvalue weighted by atomic mass is 9.77. The standard InChI is InChI=1S/C39H47FN4O6.C7H11NO/c1-9-26-20-28(39(6,7)27-12-15-31(16-13-27)50-23-29(10-2)43-37(41)42-8)21-34(40)36(26)48-18-11-19-49-38(47)44-30-14-17-32(35(46)24(3)4)33(22-30)25(5)45;1-5-3-4-6(2)8-7(5)9/h10,12-17,20-22,24H,8-9,11,18-19,23H2,1-7H3,(H2,41,43)(H,44,47);5H,2-4H2,1H3,(H,8,9)/b29-10-;. The zero-order valence-corrected chi connectivity index (χ0v) is 35.5. The molecule has 3 aromatic carbocycles. The van der Waals surface area contributed by atoms with Gasteiger partial charge in [-0.3, -0.25) is 19.7 Å². The smallest absolute Gasteiger partial charge is 0.411 e. The molecule has 1 heterocycles. The number of nitrogens with zero attached hydrogens (tertiary/aromatic N) is 2. The number of carbonyl (C=O) groups is 4. The molecule has 1 saturated heterocycles. The van der Waals surface area contributed by atoms with E-state index in [1.165, 1.54) is 25.1 Å². The number of halogens is 1. The molecule has 0 bridgehead atoms. The highest BCUT2D eigenvalue weighted by Gasteiger charge is 2.26. The fraction of sp³-hybridized carbons (Fsp3) is 0.391. The summed E-state index contributed by atoms with van der Waals surface area (Å²) in [4.78, 5) is 55.5. The molecular weight excluding hydrogens is 754 g/mol. The Labute approximate surface area is 347 Å². The number of anilines is 1. The second-order valence-electron chi connectivity index (χ2n) is 15.0. The highest BCUT2D eigenvalue weighted by atomic mass is 19.1. The van der Waals surface area contributed by atoms with Crippen LogP contribution in [0, 0.1) is 17.7 Å². The normalized spacial score (nSPS) is 14.4. The fourth-order valence-electron chi connectivity index (χ4n) is 5.96. The quantitative estimate of drug-likeness (QED) is 0.0557. The second-order valence-corrected chi connectivity index (χ2v) is 15.0. The average Bonchev–Trinajstić information content (AvgIpc) is 3.20. The van der Waals surface area contributed by atoms with Gasteiger partial charge in [-0.05, 0) is 92.9 Å². The molecule has 3 aromatic rings. The number of aliphatic imine (C=N–C) groups is 2. The van der Waals surface area contributed by atoms with Crippen LogP contribution in [0.15, 0.2) is 88.6 Å². The van der Waals surface area contributed by atoms with E-state index in [0.29, 0.717) is 35.5 Å². The molecule has 0 aromatic heterocycles. The van der Waals surface area contributed by atoms with Gasteiger partial charge in [0.2, 0.25) is 11.9 Å². The van der Waals surface area contributed by atoms with Crippen molar-refractivity contribution in [3.05, 3.63) is 112 Å². The third-order valence-corrected chi connectivity index (χ3v) is 9.77. The minimum atomic E-state index is -0.725. The molecule has 1 fully saturated rings. The van der Waals surface area contributed by atoms with Crippen LogP contribution in [-0.2, 0) is 21.4 Å². The number of benzene rings is 3. The second kappa shape index (κ2) is 22.2. The first kappa shape index (κ1) is 47.3. The van der Waals surface area contributed by atoms with Crippen LogP contribution in [0.1, 0.15) is 112 Å². The van der Waals surface area contributed by atoms with Gasteiger partial charge in [-0.2, -0.15) is 0 Å². The molecular formula is C46H58FN5O7. The highest BCUT2D eigenvalue weighted by molar-refractivity contribution is 6.09. The maximum atomic E-state index is 15.5. The number of amides is 2. The first-order chi connectivity index (χ1) is 27.9. The summed E-state index contributed by atoms with van der Waals surface area (Å²) >= 11 is 0. The molecule has 316 valence electrons. The largest absolute Gasteiger partial charge is 0.490 e. The SMILES string of the molecule is C=C1CCC(C)C(=O)N1.C=NC(N)=N/C(=C\C)COc1ccc(C(C)(C)c2cc(F)c(OCCCOC(=O)Nc3ccc(C(=O)C(C)C)c(C(C)=O)c3)c(CC)c2)cc1. The molecule has 12 nitrogen and oxygen atoms in total. The molecule has 1 aliphatic rings. The van der Waals surface area contributed by atoms with E-state index >= 15 is 4.39 Å². The zero-order valence-electron chi connectivity index (χ0n) is 35.5. The molecule has 13 heteroatoms. The number of nitrogens with one attached hydrogen (secondary N) is 2. The van der Waals surface area contributed by atoms with Crippen LogP contribution in [0.2, 0.25) is 0 Å². The van der Waals surface area contributed by atoms with Crippen LogP contribution in [0.5, 0.6) is 11.5 Å². The van der Waals surface area contributed by atoms with Crippen LogP contribution in [0.25, 0.3) is 0 Å². The molecule has 0 radical (unpaired) electrons. The molecule has 1 atom stereocenters. The molecule has 1 unspecified atom stereocenters. The Morgan fingerprint density at radius 1 is 1.05 bits per heavy atom. The van der Waals surface area contributed by atoms with Crippen LogP contribution < -0.4 is 25.8 Å². The minimum absolute atomic E-state index is 0.0204. The van der Waals surface area contributed by atoms with Gasteiger partial charge in [0.1, 0.15) is 12.4 Å². The number of allylic oxidation sites excluding steroid dienone is 2. The predicted octanol–water partition coefficient (Wildman–Crippen LogP) is 9.12. The Kier molecular flexibility index (Phi) is 17.7. The van der Waals surface area contributed by atoms with E-state index in [4.69, 9.17) is 19.9 Å². The molecule has 59 heavy (non-hydrogen) atoms. The van der Waals surface area contributed by atoms with Gasteiger partial charge in [-0.1, -0.05) is 72.4 Å². The van der Waals surface area contributed by atoms with Gasteiger partial charge in [0.15, 0.2) is 23.1 Å². The Hall–Kier alpha value is -6.11. The molecule has 4 N–H and O–H groups in total. The Morgan fingerprint density at radius 2 is 1.75 bits per heavy atom. The van der Waals surface area contributed by atoms with Gasteiger partial charge >= 0.3 is 6.09 Å². The van der Waals surface area contributed by atoms with Crippen molar-refractivity contribution in [3.8, 4) is 11.5 Å². The summed E-state index contributed by atoms with van der Waals surface area (Å²) in [6.07, 6.45) is 3.81. The highest BCUT2D eigenvalue weighted by Crippen LogP contribution is 2.37. The van der Waals surface area contributed by atoms with Crippen LogP contribution in [0.4, 0.5) is 14.9 Å². The van der Waals surface area contributed by atoms with Gasteiger partial charge in [-0.25, -0.2) is 19.2 Å². The summed E-state index contributed by atoms with van der Waals surface area (Å²) in [5, 5.41) is 5.27. The van der Waals surface area contributed by atoms with Crippen molar-refractivity contribution in [1.82, 2.24) is 5.32 Å². The number of hydrogen-bond donors (Lipinski definition) is 3. The predicted molar refractivity (Wildman–Crippen MR) is 231 cm³/mol. The molecule has 0 aliphatic carbocycles. The number of ketones is 2. The van der Waals surface area contributed by atoms with Crippen molar-refractivity contribution in [1.29, 1.82) is 0 Å². The maximum Gasteiger partial charge on any atom is 0.411 e.